The molecule has 0 aliphatic carbocycles. The molecule has 1 aromatic carbocycles. The quantitative estimate of drug-likeness (QED) is 0.670. The van der Waals surface area contributed by atoms with Gasteiger partial charge in [0, 0.05) is 35.4 Å². The lowest BCUT2D eigenvalue weighted by molar-refractivity contribution is -0.384. The number of carboxylic acid groups (broad SMARTS) is 1. The number of nitrogens with zero attached hydrogens (tertiary/aromatic N) is 3. The Balaban J connectivity index is 2.66. The van der Waals surface area contributed by atoms with Crippen LogP contribution in [0.25, 0.3) is 10.9 Å². The van der Waals surface area contributed by atoms with E-state index in [-0.39, 0.29) is 12.2 Å². The van der Waals surface area contributed by atoms with E-state index in [1.165, 1.54) is 12.1 Å². The topological polar surface area (TPSA) is 96.6 Å². The van der Waals surface area contributed by atoms with Crippen molar-refractivity contribution in [2.24, 2.45) is 0 Å². The van der Waals surface area contributed by atoms with Crippen molar-refractivity contribution in [1.29, 1.82) is 0 Å². The van der Waals surface area contributed by atoms with Crippen LogP contribution in [0.3, 0.4) is 0 Å². The Hall–Kier alpha value is -2.70. The van der Waals surface area contributed by atoms with Crippen molar-refractivity contribution >= 4 is 28.2 Å². The lowest BCUT2D eigenvalue weighted by Crippen LogP contribution is -2.29. The van der Waals surface area contributed by atoms with Gasteiger partial charge in [0.2, 0.25) is 0 Å². The number of hydrogen-bond donors (Lipinski definition) is 1. The van der Waals surface area contributed by atoms with Gasteiger partial charge in [-0.05, 0) is 26.0 Å². The average Bonchev–Trinajstić information content (AvgIpc) is 2.43. The van der Waals surface area contributed by atoms with Crippen molar-refractivity contribution in [1.82, 2.24) is 4.98 Å². The summed E-state index contributed by atoms with van der Waals surface area (Å²) < 4.78 is 0. The summed E-state index contributed by atoms with van der Waals surface area (Å²) in [5.41, 5.74) is 1.95. The molecule has 1 heterocycles. The maximum Gasteiger partial charge on any atom is 0.323 e. The normalized spacial score (nSPS) is 10.6. The average molecular weight is 289 g/mol. The molecule has 0 aliphatic heterocycles. The minimum Gasteiger partial charge on any atom is -0.480 e. The molecule has 1 aromatic heterocycles. The van der Waals surface area contributed by atoms with E-state index in [0.29, 0.717) is 23.1 Å². The Bertz CT molecular complexity index is 715. The summed E-state index contributed by atoms with van der Waals surface area (Å²) in [6, 6.07) is 6.16. The lowest BCUT2D eigenvalue weighted by Gasteiger charge is -2.22. The number of anilines is 1. The summed E-state index contributed by atoms with van der Waals surface area (Å²) in [5, 5.41) is 20.5. The van der Waals surface area contributed by atoms with E-state index in [9.17, 15) is 14.9 Å². The number of carboxylic acids is 1. The molecule has 0 atom stereocenters. The fourth-order valence-electron chi connectivity index (χ4n) is 2.23. The molecule has 7 nitrogen and oxygen atoms in total. The van der Waals surface area contributed by atoms with Crippen LogP contribution in [0.1, 0.15) is 12.6 Å². The first kappa shape index (κ1) is 14.7. The summed E-state index contributed by atoms with van der Waals surface area (Å²) in [6.45, 7) is 3.95. The number of nitro groups is 1. The van der Waals surface area contributed by atoms with Gasteiger partial charge in [0.1, 0.15) is 6.54 Å². The Morgan fingerprint density at radius 2 is 2.14 bits per heavy atom. The molecule has 0 bridgehead atoms. The van der Waals surface area contributed by atoms with Crippen LogP contribution in [0.4, 0.5) is 11.4 Å². The van der Waals surface area contributed by atoms with Gasteiger partial charge in [-0.15, -0.1) is 0 Å². The maximum absolute atomic E-state index is 11.0. The predicted octanol–water partition coefficient (Wildman–Crippen LogP) is 2.36. The van der Waals surface area contributed by atoms with E-state index < -0.39 is 10.9 Å². The minimum atomic E-state index is -0.954. The first-order valence-electron chi connectivity index (χ1n) is 6.45. The first-order valence-corrected chi connectivity index (χ1v) is 6.45. The van der Waals surface area contributed by atoms with Crippen molar-refractivity contribution in [3.63, 3.8) is 0 Å². The smallest absolute Gasteiger partial charge is 0.323 e. The highest BCUT2D eigenvalue weighted by atomic mass is 16.6. The molecule has 1 N–H and O–H groups in total. The second-order valence-corrected chi connectivity index (χ2v) is 4.65. The zero-order valence-electron chi connectivity index (χ0n) is 11.7. The summed E-state index contributed by atoms with van der Waals surface area (Å²) in [6.07, 6.45) is 0. The third-order valence-corrected chi connectivity index (χ3v) is 3.16. The van der Waals surface area contributed by atoms with Gasteiger partial charge in [0.05, 0.1) is 10.4 Å². The van der Waals surface area contributed by atoms with E-state index in [2.05, 4.69) is 4.98 Å². The highest BCUT2D eigenvalue weighted by Gasteiger charge is 2.16. The monoisotopic (exact) mass is 289 g/mol. The number of aliphatic carboxylic acids is 1. The number of benzene rings is 1. The number of likely N-dealkylation sites (N-methyl/N-ethyl adjacent to an activating group) is 1. The van der Waals surface area contributed by atoms with Gasteiger partial charge in [0.15, 0.2) is 0 Å². The van der Waals surface area contributed by atoms with E-state index in [0.717, 1.165) is 5.69 Å². The standard InChI is InChI=1S/C14H15N3O4/c1-3-16(8-14(18)19)13-6-9(2)15-12-5-4-10(17(20)21)7-11(12)13/h4-7H,3,8H2,1-2H3,(H,18,19). The Morgan fingerprint density at radius 1 is 1.43 bits per heavy atom. The molecular formula is C14H15N3O4. The second-order valence-electron chi connectivity index (χ2n) is 4.65. The molecule has 0 aliphatic rings. The Morgan fingerprint density at radius 3 is 2.71 bits per heavy atom. The van der Waals surface area contributed by atoms with Crippen LogP contribution in [0.5, 0.6) is 0 Å². The molecule has 0 radical (unpaired) electrons. The van der Waals surface area contributed by atoms with Crippen LogP contribution < -0.4 is 4.90 Å². The molecule has 110 valence electrons. The number of nitro benzene ring substituents is 1. The third kappa shape index (κ3) is 3.07. The Labute approximate surface area is 121 Å². The van der Waals surface area contributed by atoms with Crippen LogP contribution in [0, 0.1) is 17.0 Å². The van der Waals surface area contributed by atoms with Crippen LogP contribution in [0.2, 0.25) is 0 Å². The molecule has 21 heavy (non-hydrogen) atoms. The van der Waals surface area contributed by atoms with Gasteiger partial charge in [-0.1, -0.05) is 0 Å². The van der Waals surface area contributed by atoms with E-state index >= 15 is 0 Å². The van der Waals surface area contributed by atoms with Crippen molar-refractivity contribution in [2.45, 2.75) is 13.8 Å². The fraction of sp³-hybridized carbons (Fsp3) is 0.286. The maximum atomic E-state index is 11.0. The number of aromatic nitrogens is 1. The fourth-order valence-corrected chi connectivity index (χ4v) is 2.23. The van der Waals surface area contributed by atoms with E-state index in [4.69, 9.17) is 5.11 Å². The molecule has 2 rings (SSSR count). The zero-order valence-corrected chi connectivity index (χ0v) is 11.7. The molecule has 0 spiro atoms. The number of non-ortho nitro benzene ring substituents is 1. The molecule has 2 aromatic rings. The molecule has 0 saturated heterocycles. The zero-order chi connectivity index (χ0) is 15.6. The summed E-state index contributed by atoms with van der Waals surface area (Å²) >= 11 is 0. The van der Waals surface area contributed by atoms with Crippen molar-refractivity contribution in [3.05, 3.63) is 40.1 Å². The summed E-state index contributed by atoms with van der Waals surface area (Å²) in [7, 11) is 0. The largest absolute Gasteiger partial charge is 0.480 e. The van der Waals surface area contributed by atoms with Crippen molar-refractivity contribution in [2.75, 3.05) is 18.0 Å². The van der Waals surface area contributed by atoms with Gasteiger partial charge in [-0.2, -0.15) is 0 Å². The number of rotatable bonds is 5. The van der Waals surface area contributed by atoms with E-state index in [1.807, 2.05) is 6.92 Å². The minimum absolute atomic E-state index is 0.0409. The molecule has 0 fully saturated rings. The molecule has 7 heteroatoms. The van der Waals surface area contributed by atoms with Gasteiger partial charge in [0.25, 0.3) is 5.69 Å². The van der Waals surface area contributed by atoms with Gasteiger partial charge < -0.3 is 10.0 Å². The highest BCUT2D eigenvalue weighted by molar-refractivity contribution is 5.94. The van der Waals surface area contributed by atoms with Crippen molar-refractivity contribution < 1.29 is 14.8 Å². The number of aryl methyl sites for hydroxylation is 1. The number of hydrogen-bond acceptors (Lipinski definition) is 5. The van der Waals surface area contributed by atoms with Gasteiger partial charge in [-0.25, -0.2) is 0 Å². The molecule has 0 unspecified atom stereocenters. The Kier molecular flexibility index (Phi) is 4.02. The van der Waals surface area contributed by atoms with Crippen molar-refractivity contribution in [3.8, 4) is 0 Å². The SMILES string of the molecule is CCN(CC(=O)O)c1cc(C)nc2ccc([N+](=O)[O-])cc12. The third-order valence-electron chi connectivity index (χ3n) is 3.16. The number of fused-ring (bicyclic) bond motifs is 1. The van der Waals surface area contributed by atoms with Gasteiger partial charge >= 0.3 is 5.97 Å². The van der Waals surface area contributed by atoms with Crippen LogP contribution >= 0.6 is 0 Å². The lowest BCUT2D eigenvalue weighted by atomic mass is 10.1. The van der Waals surface area contributed by atoms with Crippen LogP contribution in [-0.2, 0) is 4.79 Å². The molecule has 0 amide bonds. The highest BCUT2D eigenvalue weighted by Crippen LogP contribution is 2.29. The van der Waals surface area contributed by atoms with E-state index in [1.54, 1.807) is 24.0 Å². The summed E-state index contributed by atoms with van der Waals surface area (Å²) in [4.78, 5) is 27.4. The van der Waals surface area contributed by atoms with Crippen LogP contribution in [0.15, 0.2) is 24.3 Å². The second kappa shape index (κ2) is 5.74. The molecular weight excluding hydrogens is 274 g/mol. The van der Waals surface area contributed by atoms with Gasteiger partial charge in [-0.3, -0.25) is 19.9 Å². The number of pyridine rings is 1. The number of carbonyl (C=O) groups is 1. The summed E-state index contributed by atoms with van der Waals surface area (Å²) in [5.74, 6) is -0.954. The first-order chi connectivity index (χ1) is 9.92. The van der Waals surface area contributed by atoms with Crippen LogP contribution in [-0.4, -0.2) is 34.1 Å². The predicted molar refractivity (Wildman–Crippen MR) is 78.7 cm³/mol. The molecule has 0 saturated carbocycles.